The first-order chi connectivity index (χ1) is 13.4. The van der Waals surface area contributed by atoms with Crippen molar-refractivity contribution in [2.24, 2.45) is 0 Å². The summed E-state index contributed by atoms with van der Waals surface area (Å²) in [5.41, 5.74) is 4.62. The molecule has 1 aliphatic heterocycles. The van der Waals surface area contributed by atoms with Crippen LogP contribution in [-0.2, 0) is 11.3 Å². The highest BCUT2D eigenvalue weighted by molar-refractivity contribution is 5.80. The lowest BCUT2D eigenvalue weighted by Gasteiger charge is -2.20. The van der Waals surface area contributed by atoms with E-state index in [1.165, 1.54) is 18.5 Å². The zero-order chi connectivity index (χ0) is 20.1. The van der Waals surface area contributed by atoms with Crippen molar-refractivity contribution in [3.8, 4) is 5.75 Å². The highest BCUT2D eigenvalue weighted by Crippen LogP contribution is 2.28. The maximum atomic E-state index is 12.5. The van der Waals surface area contributed by atoms with E-state index in [1.807, 2.05) is 13.0 Å². The summed E-state index contributed by atoms with van der Waals surface area (Å²) >= 11 is 0. The number of anilines is 1. The highest BCUT2D eigenvalue weighted by Gasteiger charge is 2.18. The van der Waals surface area contributed by atoms with Crippen LogP contribution in [-0.4, -0.2) is 25.1 Å². The van der Waals surface area contributed by atoms with Crippen molar-refractivity contribution < 1.29 is 9.53 Å². The van der Waals surface area contributed by atoms with E-state index < -0.39 is 6.10 Å². The summed E-state index contributed by atoms with van der Waals surface area (Å²) < 4.78 is 6.01. The van der Waals surface area contributed by atoms with Gasteiger partial charge in [-0.1, -0.05) is 38.1 Å². The topological polar surface area (TPSA) is 41.6 Å². The number of rotatable bonds is 7. The van der Waals surface area contributed by atoms with Crippen LogP contribution in [0, 0.1) is 6.92 Å². The summed E-state index contributed by atoms with van der Waals surface area (Å²) in [7, 11) is 0. The van der Waals surface area contributed by atoms with Gasteiger partial charge in [0.05, 0.1) is 0 Å². The number of nitrogens with zero attached hydrogens (tertiary/aromatic N) is 1. The van der Waals surface area contributed by atoms with Crippen LogP contribution in [0.15, 0.2) is 42.5 Å². The summed E-state index contributed by atoms with van der Waals surface area (Å²) in [6, 6.07) is 14.7. The Hall–Kier alpha value is -2.49. The summed E-state index contributed by atoms with van der Waals surface area (Å²) in [5.74, 6) is 1.05. The van der Waals surface area contributed by atoms with E-state index in [0.29, 0.717) is 12.5 Å². The second-order valence-corrected chi connectivity index (χ2v) is 8.03. The molecule has 0 aromatic heterocycles. The van der Waals surface area contributed by atoms with E-state index in [0.717, 1.165) is 35.5 Å². The lowest BCUT2D eigenvalue weighted by molar-refractivity contribution is -0.127. The predicted molar refractivity (Wildman–Crippen MR) is 115 cm³/mol. The number of aryl methyl sites for hydroxylation is 1. The van der Waals surface area contributed by atoms with E-state index in [9.17, 15) is 4.79 Å². The van der Waals surface area contributed by atoms with E-state index >= 15 is 0 Å². The number of hydrogen-bond acceptors (Lipinski definition) is 3. The zero-order valence-electron chi connectivity index (χ0n) is 17.5. The second-order valence-electron chi connectivity index (χ2n) is 8.03. The average molecular weight is 381 g/mol. The van der Waals surface area contributed by atoms with Crippen LogP contribution in [0.25, 0.3) is 0 Å². The molecule has 150 valence electrons. The van der Waals surface area contributed by atoms with Gasteiger partial charge in [0.15, 0.2) is 6.10 Å². The lowest BCUT2D eigenvalue weighted by Crippen LogP contribution is -2.36. The first kappa shape index (κ1) is 20.2. The van der Waals surface area contributed by atoms with Gasteiger partial charge < -0.3 is 15.0 Å². The minimum atomic E-state index is -0.539. The van der Waals surface area contributed by atoms with E-state index in [-0.39, 0.29) is 5.91 Å². The molecule has 4 nitrogen and oxygen atoms in total. The van der Waals surface area contributed by atoms with Crippen molar-refractivity contribution in [2.75, 3.05) is 18.0 Å². The van der Waals surface area contributed by atoms with Gasteiger partial charge in [-0.3, -0.25) is 4.79 Å². The van der Waals surface area contributed by atoms with Gasteiger partial charge in [0, 0.05) is 25.3 Å². The molecular weight excluding hydrogens is 348 g/mol. The van der Waals surface area contributed by atoms with E-state index in [1.54, 1.807) is 6.92 Å². The van der Waals surface area contributed by atoms with Gasteiger partial charge in [0.1, 0.15) is 5.75 Å². The van der Waals surface area contributed by atoms with Crippen molar-refractivity contribution in [1.29, 1.82) is 0 Å². The summed E-state index contributed by atoms with van der Waals surface area (Å²) in [6.07, 6.45) is 2.01. The highest BCUT2D eigenvalue weighted by atomic mass is 16.5. The molecule has 0 bridgehead atoms. The Balaban J connectivity index is 1.55. The average Bonchev–Trinajstić information content (AvgIpc) is 3.21. The van der Waals surface area contributed by atoms with Crippen LogP contribution in [0.5, 0.6) is 5.75 Å². The Labute approximate surface area is 168 Å². The molecule has 0 radical (unpaired) electrons. The molecule has 2 aromatic rings. The van der Waals surface area contributed by atoms with Crippen molar-refractivity contribution >= 4 is 11.6 Å². The molecule has 1 fully saturated rings. The van der Waals surface area contributed by atoms with Crippen molar-refractivity contribution in [3.63, 3.8) is 0 Å². The molecule has 1 saturated heterocycles. The van der Waals surface area contributed by atoms with Crippen LogP contribution < -0.4 is 15.0 Å². The summed E-state index contributed by atoms with van der Waals surface area (Å²) in [6.45, 7) is 10.9. The van der Waals surface area contributed by atoms with Gasteiger partial charge in [0.2, 0.25) is 0 Å². The maximum absolute atomic E-state index is 12.5. The molecule has 1 aliphatic rings. The molecular formula is C24H32N2O2. The Kier molecular flexibility index (Phi) is 6.61. The van der Waals surface area contributed by atoms with Crippen LogP contribution in [0.2, 0.25) is 0 Å². The van der Waals surface area contributed by atoms with Crippen molar-refractivity contribution in [3.05, 3.63) is 59.2 Å². The van der Waals surface area contributed by atoms with Crippen LogP contribution in [0.1, 0.15) is 56.2 Å². The number of amides is 1. The zero-order valence-corrected chi connectivity index (χ0v) is 17.5. The van der Waals surface area contributed by atoms with Crippen LogP contribution in [0.4, 0.5) is 5.69 Å². The quantitative estimate of drug-likeness (QED) is 0.750. The minimum absolute atomic E-state index is 0.0974. The van der Waals surface area contributed by atoms with Crippen molar-refractivity contribution in [1.82, 2.24) is 5.32 Å². The third-order valence-electron chi connectivity index (χ3n) is 5.34. The van der Waals surface area contributed by atoms with Crippen LogP contribution >= 0.6 is 0 Å². The molecule has 0 aliphatic carbocycles. The molecule has 1 heterocycles. The number of carbonyl (C=O) groups excluding carboxylic acids is 1. The summed E-state index contributed by atoms with van der Waals surface area (Å²) in [4.78, 5) is 14.9. The number of nitrogens with one attached hydrogen (secondary N) is 1. The van der Waals surface area contributed by atoms with Gasteiger partial charge in [0.25, 0.3) is 5.91 Å². The fourth-order valence-corrected chi connectivity index (χ4v) is 3.60. The Morgan fingerprint density at radius 1 is 1.07 bits per heavy atom. The molecule has 0 spiro atoms. The maximum Gasteiger partial charge on any atom is 0.261 e. The second kappa shape index (κ2) is 9.13. The number of hydrogen-bond donors (Lipinski definition) is 1. The van der Waals surface area contributed by atoms with E-state index in [4.69, 9.17) is 4.74 Å². The Morgan fingerprint density at radius 3 is 2.39 bits per heavy atom. The molecule has 1 atom stereocenters. The first-order valence-electron chi connectivity index (χ1n) is 10.3. The van der Waals surface area contributed by atoms with Gasteiger partial charge in [-0.25, -0.2) is 0 Å². The molecule has 3 rings (SSSR count). The molecule has 0 unspecified atom stereocenters. The van der Waals surface area contributed by atoms with Gasteiger partial charge in [-0.2, -0.15) is 0 Å². The fraction of sp³-hybridized carbons (Fsp3) is 0.458. The molecule has 2 aromatic carbocycles. The normalized spacial score (nSPS) is 15.0. The van der Waals surface area contributed by atoms with Crippen molar-refractivity contribution in [2.45, 2.75) is 59.1 Å². The third-order valence-corrected chi connectivity index (χ3v) is 5.34. The fourth-order valence-electron chi connectivity index (χ4n) is 3.60. The largest absolute Gasteiger partial charge is 0.481 e. The monoisotopic (exact) mass is 380 g/mol. The summed E-state index contributed by atoms with van der Waals surface area (Å²) in [5, 5.41) is 2.99. The smallest absolute Gasteiger partial charge is 0.261 e. The Morgan fingerprint density at radius 2 is 1.75 bits per heavy atom. The minimum Gasteiger partial charge on any atom is -0.481 e. The molecule has 4 heteroatoms. The number of benzene rings is 2. The first-order valence-corrected chi connectivity index (χ1v) is 10.3. The van der Waals surface area contributed by atoms with Gasteiger partial charge in [-0.15, -0.1) is 0 Å². The Bertz CT molecular complexity index is 793. The molecule has 1 amide bonds. The molecule has 28 heavy (non-hydrogen) atoms. The SMILES string of the molecule is Cc1ccc(C(C)C)c(O[C@H](C)C(=O)NCc2ccc(N3CCCC3)cc2)c1. The predicted octanol–water partition coefficient (Wildman–Crippen LogP) is 4.80. The standard InChI is InChI=1S/C24H32N2O2/c1-17(2)22-12-7-18(3)15-23(22)28-19(4)24(27)25-16-20-8-10-21(11-9-20)26-13-5-6-14-26/h7-12,15,17,19H,5-6,13-14,16H2,1-4H3,(H,25,27)/t19-/m1/s1. The molecule has 0 saturated carbocycles. The molecule has 1 N–H and O–H groups in total. The van der Waals surface area contributed by atoms with Gasteiger partial charge >= 0.3 is 0 Å². The van der Waals surface area contributed by atoms with Crippen LogP contribution in [0.3, 0.4) is 0 Å². The lowest BCUT2D eigenvalue weighted by atomic mass is 10.0. The number of ether oxygens (including phenoxy) is 1. The van der Waals surface area contributed by atoms with Gasteiger partial charge in [-0.05, 0) is 67.5 Å². The van der Waals surface area contributed by atoms with E-state index in [2.05, 4.69) is 60.5 Å². The third kappa shape index (κ3) is 5.06. The number of carbonyl (C=O) groups is 1.